The Morgan fingerprint density at radius 1 is 1.30 bits per heavy atom. The lowest BCUT2D eigenvalue weighted by Crippen LogP contribution is -2.07. The molecule has 3 nitrogen and oxygen atoms in total. The second-order valence-corrected chi connectivity index (χ2v) is 2.59. The van der Waals surface area contributed by atoms with Gasteiger partial charge in [-0.15, -0.1) is 0 Å². The second-order valence-electron chi connectivity index (χ2n) is 2.59. The van der Waals surface area contributed by atoms with Gasteiger partial charge in [0.15, 0.2) is 0 Å². The van der Waals surface area contributed by atoms with E-state index in [0.717, 1.165) is 0 Å². The molecule has 10 heavy (non-hydrogen) atoms. The maximum atomic E-state index is 4.05. The molecular weight excluding hydrogens is 126 g/mol. The fourth-order valence-electron chi connectivity index (χ4n) is 0.335. The summed E-state index contributed by atoms with van der Waals surface area (Å²) in [4.78, 5) is 9.83. The van der Waals surface area contributed by atoms with E-state index in [1.165, 1.54) is 0 Å². The molecule has 0 spiro atoms. The van der Waals surface area contributed by atoms with E-state index >= 15 is 0 Å². The summed E-state index contributed by atoms with van der Waals surface area (Å²) in [6, 6.07) is 0.333. The molecule has 0 aliphatic carbocycles. The standard InChI is InChI=1S/C7H15N3/c1-7(2)9-5-8-6-10(3)4/h5-7H,1-4H3. The third-order valence-electron chi connectivity index (χ3n) is 0.729. The molecule has 0 radical (unpaired) electrons. The summed E-state index contributed by atoms with van der Waals surface area (Å²) in [5.74, 6) is 0. The topological polar surface area (TPSA) is 28.0 Å². The van der Waals surface area contributed by atoms with Gasteiger partial charge in [-0.05, 0) is 13.8 Å². The van der Waals surface area contributed by atoms with Crippen LogP contribution in [-0.4, -0.2) is 37.7 Å². The van der Waals surface area contributed by atoms with Crippen molar-refractivity contribution >= 4 is 12.7 Å². The summed E-state index contributed by atoms with van der Waals surface area (Å²) < 4.78 is 0. The third-order valence-corrected chi connectivity index (χ3v) is 0.729. The van der Waals surface area contributed by atoms with Crippen LogP contribution in [0, 0.1) is 0 Å². The Morgan fingerprint density at radius 2 is 1.90 bits per heavy atom. The van der Waals surface area contributed by atoms with Gasteiger partial charge in [0.1, 0.15) is 6.34 Å². The molecule has 0 aromatic carbocycles. The van der Waals surface area contributed by atoms with Gasteiger partial charge in [0.2, 0.25) is 0 Å². The summed E-state index contributed by atoms with van der Waals surface area (Å²) in [6.07, 6.45) is 3.29. The summed E-state index contributed by atoms with van der Waals surface area (Å²) in [5.41, 5.74) is 0. The molecule has 0 aliphatic heterocycles. The van der Waals surface area contributed by atoms with Crippen molar-refractivity contribution in [3.8, 4) is 0 Å². The quantitative estimate of drug-likeness (QED) is 0.426. The van der Waals surface area contributed by atoms with Crippen LogP contribution in [-0.2, 0) is 0 Å². The molecular formula is C7H15N3. The molecule has 0 amide bonds. The van der Waals surface area contributed by atoms with E-state index in [-0.39, 0.29) is 0 Å². The molecule has 3 heteroatoms. The molecule has 0 heterocycles. The van der Waals surface area contributed by atoms with Crippen LogP contribution in [0.3, 0.4) is 0 Å². The monoisotopic (exact) mass is 141 g/mol. The van der Waals surface area contributed by atoms with Crippen LogP contribution in [0.1, 0.15) is 13.8 Å². The Bertz CT molecular complexity index is 109. The molecule has 0 aromatic heterocycles. The number of hydrogen-bond donors (Lipinski definition) is 0. The minimum atomic E-state index is 0.333. The van der Waals surface area contributed by atoms with Crippen molar-refractivity contribution in [3.05, 3.63) is 0 Å². The fourth-order valence-corrected chi connectivity index (χ4v) is 0.335. The highest BCUT2D eigenvalue weighted by Crippen LogP contribution is 1.81. The van der Waals surface area contributed by atoms with Gasteiger partial charge >= 0.3 is 0 Å². The Kier molecular flexibility index (Phi) is 4.54. The maximum absolute atomic E-state index is 4.05. The molecule has 0 saturated carbocycles. The molecule has 0 aliphatic rings. The van der Waals surface area contributed by atoms with Gasteiger partial charge in [-0.25, -0.2) is 4.99 Å². The van der Waals surface area contributed by atoms with Gasteiger partial charge in [0.05, 0.1) is 6.34 Å². The first-order chi connectivity index (χ1) is 4.63. The van der Waals surface area contributed by atoms with Crippen LogP contribution < -0.4 is 0 Å². The number of rotatable bonds is 3. The van der Waals surface area contributed by atoms with E-state index in [9.17, 15) is 0 Å². The van der Waals surface area contributed by atoms with Crippen molar-refractivity contribution in [1.82, 2.24) is 4.90 Å². The first-order valence-corrected chi connectivity index (χ1v) is 3.34. The number of aliphatic imine (C=N–C) groups is 2. The Hall–Kier alpha value is -0.860. The highest BCUT2D eigenvalue weighted by Gasteiger charge is 1.80. The first kappa shape index (κ1) is 9.14. The van der Waals surface area contributed by atoms with Crippen molar-refractivity contribution in [1.29, 1.82) is 0 Å². The van der Waals surface area contributed by atoms with E-state index in [0.29, 0.717) is 6.04 Å². The number of nitrogens with zero attached hydrogens (tertiary/aromatic N) is 3. The van der Waals surface area contributed by atoms with Crippen molar-refractivity contribution in [2.45, 2.75) is 19.9 Å². The van der Waals surface area contributed by atoms with E-state index in [4.69, 9.17) is 0 Å². The Morgan fingerprint density at radius 3 is 2.30 bits per heavy atom. The Labute approximate surface area is 62.5 Å². The average molecular weight is 141 g/mol. The molecule has 0 rings (SSSR count). The Balaban J connectivity index is 3.52. The van der Waals surface area contributed by atoms with E-state index < -0.39 is 0 Å². The fraction of sp³-hybridized carbons (Fsp3) is 0.714. The van der Waals surface area contributed by atoms with Crippen LogP contribution in [0.4, 0.5) is 0 Å². The largest absolute Gasteiger partial charge is 0.369 e. The van der Waals surface area contributed by atoms with Gasteiger partial charge in [-0.1, -0.05) is 0 Å². The van der Waals surface area contributed by atoms with Crippen molar-refractivity contribution in [2.24, 2.45) is 9.98 Å². The van der Waals surface area contributed by atoms with Crippen molar-refractivity contribution < 1.29 is 0 Å². The van der Waals surface area contributed by atoms with Crippen LogP contribution >= 0.6 is 0 Å². The minimum Gasteiger partial charge on any atom is -0.369 e. The SMILES string of the molecule is CC(C)N=CN=CN(C)C. The minimum absolute atomic E-state index is 0.333. The zero-order valence-corrected chi connectivity index (χ0v) is 7.07. The predicted molar refractivity (Wildman–Crippen MR) is 45.8 cm³/mol. The lowest BCUT2D eigenvalue weighted by molar-refractivity contribution is 0.644. The van der Waals surface area contributed by atoms with Crippen molar-refractivity contribution in [2.75, 3.05) is 14.1 Å². The molecule has 0 unspecified atom stereocenters. The van der Waals surface area contributed by atoms with Gasteiger partial charge in [-0.3, -0.25) is 4.99 Å². The van der Waals surface area contributed by atoms with E-state index in [1.54, 1.807) is 12.7 Å². The van der Waals surface area contributed by atoms with Crippen LogP contribution in [0.5, 0.6) is 0 Å². The molecule has 0 bridgehead atoms. The van der Waals surface area contributed by atoms with Crippen LogP contribution in [0.25, 0.3) is 0 Å². The van der Waals surface area contributed by atoms with Crippen molar-refractivity contribution in [3.63, 3.8) is 0 Å². The lowest BCUT2D eigenvalue weighted by atomic mass is 10.4. The normalized spacial score (nSPS) is 12.1. The van der Waals surface area contributed by atoms with E-state index in [1.807, 2.05) is 32.8 Å². The van der Waals surface area contributed by atoms with Gasteiger partial charge < -0.3 is 4.90 Å². The maximum Gasteiger partial charge on any atom is 0.111 e. The van der Waals surface area contributed by atoms with Gasteiger partial charge in [0, 0.05) is 20.1 Å². The van der Waals surface area contributed by atoms with Crippen LogP contribution in [0.2, 0.25) is 0 Å². The smallest absolute Gasteiger partial charge is 0.111 e. The average Bonchev–Trinajstić information content (AvgIpc) is 1.79. The first-order valence-electron chi connectivity index (χ1n) is 3.34. The molecule has 0 N–H and O–H groups in total. The zero-order valence-electron chi connectivity index (χ0n) is 7.07. The summed E-state index contributed by atoms with van der Waals surface area (Å²) in [6.45, 7) is 4.03. The third kappa shape index (κ3) is 7.14. The van der Waals surface area contributed by atoms with E-state index in [2.05, 4.69) is 9.98 Å². The molecule has 0 aromatic rings. The van der Waals surface area contributed by atoms with Gasteiger partial charge in [0.25, 0.3) is 0 Å². The second kappa shape index (κ2) is 4.97. The summed E-state index contributed by atoms with van der Waals surface area (Å²) in [7, 11) is 3.85. The highest BCUT2D eigenvalue weighted by atomic mass is 15.1. The lowest BCUT2D eigenvalue weighted by Gasteiger charge is -1.99. The molecule has 0 saturated heterocycles. The molecule has 58 valence electrons. The summed E-state index contributed by atoms with van der Waals surface area (Å²) >= 11 is 0. The predicted octanol–water partition coefficient (Wildman–Crippen LogP) is 1.01. The summed E-state index contributed by atoms with van der Waals surface area (Å²) in [5, 5.41) is 0. The zero-order chi connectivity index (χ0) is 7.98. The highest BCUT2D eigenvalue weighted by molar-refractivity contribution is 5.70. The van der Waals surface area contributed by atoms with Crippen LogP contribution in [0.15, 0.2) is 9.98 Å². The van der Waals surface area contributed by atoms with Gasteiger partial charge in [-0.2, -0.15) is 0 Å². The molecule has 0 fully saturated rings. The number of hydrogen-bond acceptors (Lipinski definition) is 1. The molecule has 0 atom stereocenters.